The molecule has 0 amide bonds. The van der Waals surface area contributed by atoms with Gasteiger partial charge in [0.05, 0.1) is 28.8 Å². The van der Waals surface area contributed by atoms with Crippen LogP contribution >= 0.6 is 0 Å². The highest BCUT2D eigenvalue weighted by Gasteiger charge is 2.31. The van der Waals surface area contributed by atoms with Crippen molar-refractivity contribution in [3.63, 3.8) is 0 Å². The predicted octanol–water partition coefficient (Wildman–Crippen LogP) is 6.20. The average molecular weight is 424 g/mol. The molecule has 3 aromatic carbocycles. The first-order valence-corrected chi connectivity index (χ1v) is 9.73. The molecule has 0 atom stereocenters. The van der Waals surface area contributed by atoms with E-state index in [-0.39, 0.29) is 12.1 Å². The fraction of sp³-hybridized carbons (Fsp3) is 0.167. The lowest BCUT2D eigenvalue weighted by Crippen LogP contribution is -2.06. The molecule has 0 aliphatic heterocycles. The van der Waals surface area contributed by atoms with Crippen molar-refractivity contribution in [1.29, 1.82) is 0 Å². The summed E-state index contributed by atoms with van der Waals surface area (Å²) in [5, 5.41) is 0. The summed E-state index contributed by atoms with van der Waals surface area (Å²) in [6.45, 7) is 3.88. The number of carbonyl (C=O) groups excluding carboxylic acids is 1. The SMILES string of the molecule is CCOC(=O)c1cccc(-n2c(-c3ccccc3C)nc3cc(C(F)(F)F)ccc32)c1. The van der Waals surface area contributed by atoms with E-state index in [9.17, 15) is 18.0 Å². The molecular formula is C24H19F3N2O2. The molecule has 0 fully saturated rings. The van der Waals surface area contributed by atoms with Gasteiger partial charge in [0, 0.05) is 11.3 Å². The molecule has 1 aromatic heterocycles. The number of aryl methyl sites for hydroxylation is 1. The van der Waals surface area contributed by atoms with E-state index >= 15 is 0 Å². The first kappa shape index (κ1) is 20.7. The fourth-order valence-corrected chi connectivity index (χ4v) is 3.51. The van der Waals surface area contributed by atoms with Crippen LogP contribution in [0.15, 0.2) is 66.7 Å². The molecule has 0 aliphatic carbocycles. The third kappa shape index (κ3) is 3.91. The van der Waals surface area contributed by atoms with Gasteiger partial charge in [-0.15, -0.1) is 0 Å². The van der Waals surface area contributed by atoms with E-state index in [0.29, 0.717) is 22.6 Å². The molecule has 158 valence electrons. The second kappa shape index (κ2) is 7.91. The lowest BCUT2D eigenvalue weighted by Gasteiger charge is -2.13. The van der Waals surface area contributed by atoms with Crippen LogP contribution in [0.1, 0.15) is 28.4 Å². The number of nitrogens with zero attached hydrogens (tertiary/aromatic N) is 2. The molecular weight excluding hydrogens is 405 g/mol. The third-order valence-electron chi connectivity index (χ3n) is 4.98. The van der Waals surface area contributed by atoms with Crippen LogP contribution in [0.5, 0.6) is 0 Å². The maximum atomic E-state index is 13.3. The molecule has 0 aliphatic rings. The summed E-state index contributed by atoms with van der Waals surface area (Å²) in [7, 11) is 0. The Bertz CT molecular complexity index is 1280. The highest BCUT2D eigenvalue weighted by molar-refractivity contribution is 5.91. The molecule has 1 heterocycles. The number of rotatable bonds is 4. The molecule has 4 aromatic rings. The summed E-state index contributed by atoms with van der Waals surface area (Å²) in [6, 6.07) is 17.8. The first-order valence-electron chi connectivity index (χ1n) is 9.73. The number of hydrogen-bond donors (Lipinski definition) is 0. The zero-order valence-corrected chi connectivity index (χ0v) is 16.9. The van der Waals surface area contributed by atoms with Crippen molar-refractivity contribution in [3.8, 4) is 17.1 Å². The van der Waals surface area contributed by atoms with Gasteiger partial charge >= 0.3 is 12.1 Å². The Hall–Kier alpha value is -3.61. The summed E-state index contributed by atoms with van der Waals surface area (Å²) < 4.78 is 46.6. The number of esters is 1. The van der Waals surface area contributed by atoms with Crippen LogP contribution < -0.4 is 0 Å². The van der Waals surface area contributed by atoms with Crippen molar-refractivity contribution in [2.45, 2.75) is 20.0 Å². The Morgan fingerprint density at radius 2 is 1.81 bits per heavy atom. The zero-order chi connectivity index (χ0) is 22.2. The standard InChI is InChI=1S/C24H19F3N2O2/c1-3-31-23(30)16-8-6-9-18(13-16)29-21-12-11-17(24(25,26)27)14-20(21)28-22(29)19-10-5-4-7-15(19)2/h4-14H,3H2,1-2H3. The second-order valence-electron chi connectivity index (χ2n) is 7.06. The monoisotopic (exact) mass is 424 g/mol. The van der Waals surface area contributed by atoms with Crippen LogP contribution in [0.3, 0.4) is 0 Å². The van der Waals surface area contributed by atoms with Gasteiger partial charge in [-0.1, -0.05) is 30.3 Å². The van der Waals surface area contributed by atoms with E-state index in [2.05, 4.69) is 4.98 Å². The summed E-state index contributed by atoms with van der Waals surface area (Å²) >= 11 is 0. The maximum absolute atomic E-state index is 13.3. The molecule has 0 spiro atoms. The van der Waals surface area contributed by atoms with Crippen LogP contribution in [0.25, 0.3) is 28.1 Å². The average Bonchev–Trinajstić information content (AvgIpc) is 3.12. The van der Waals surface area contributed by atoms with Crippen LogP contribution in [-0.2, 0) is 10.9 Å². The van der Waals surface area contributed by atoms with Crippen molar-refractivity contribution in [3.05, 3.63) is 83.4 Å². The Morgan fingerprint density at radius 1 is 1.03 bits per heavy atom. The molecule has 7 heteroatoms. The number of halogens is 3. The number of carbonyl (C=O) groups is 1. The zero-order valence-electron chi connectivity index (χ0n) is 16.9. The van der Waals surface area contributed by atoms with E-state index in [1.165, 1.54) is 6.07 Å². The highest BCUT2D eigenvalue weighted by atomic mass is 19.4. The molecule has 0 unspecified atom stereocenters. The van der Waals surface area contributed by atoms with Gasteiger partial charge in [-0.25, -0.2) is 9.78 Å². The van der Waals surface area contributed by atoms with Crippen LogP contribution in [0, 0.1) is 6.92 Å². The normalized spacial score (nSPS) is 11.6. The van der Waals surface area contributed by atoms with Gasteiger partial charge in [0.1, 0.15) is 5.82 Å². The first-order chi connectivity index (χ1) is 14.8. The van der Waals surface area contributed by atoms with Gasteiger partial charge in [0.15, 0.2) is 0 Å². The van der Waals surface area contributed by atoms with Crippen LogP contribution in [0.2, 0.25) is 0 Å². The minimum atomic E-state index is -4.47. The number of hydrogen-bond acceptors (Lipinski definition) is 3. The highest BCUT2D eigenvalue weighted by Crippen LogP contribution is 2.35. The Kier molecular flexibility index (Phi) is 5.27. The minimum Gasteiger partial charge on any atom is -0.462 e. The Labute approximate surface area is 176 Å². The fourth-order valence-electron chi connectivity index (χ4n) is 3.51. The Morgan fingerprint density at radius 3 is 2.52 bits per heavy atom. The van der Waals surface area contributed by atoms with Crippen molar-refractivity contribution < 1.29 is 22.7 Å². The third-order valence-corrected chi connectivity index (χ3v) is 4.98. The number of ether oxygens (including phenoxy) is 1. The second-order valence-corrected chi connectivity index (χ2v) is 7.06. The van der Waals surface area contributed by atoms with Gasteiger partial charge in [-0.3, -0.25) is 4.57 Å². The molecule has 0 N–H and O–H groups in total. The van der Waals surface area contributed by atoms with E-state index < -0.39 is 17.7 Å². The predicted molar refractivity (Wildman–Crippen MR) is 112 cm³/mol. The van der Waals surface area contributed by atoms with E-state index in [4.69, 9.17) is 4.74 Å². The van der Waals surface area contributed by atoms with Gasteiger partial charge in [0.25, 0.3) is 0 Å². The van der Waals surface area contributed by atoms with Crippen molar-refractivity contribution in [2.75, 3.05) is 6.61 Å². The summed E-state index contributed by atoms with van der Waals surface area (Å²) in [5.41, 5.74) is 2.63. The maximum Gasteiger partial charge on any atom is 0.416 e. The number of alkyl halides is 3. The smallest absolute Gasteiger partial charge is 0.416 e. The number of imidazole rings is 1. The molecule has 0 radical (unpaired) electrons. The number of aromatic nitrogens is 2. The van der Waals surface area contributed by atoms with E-state index in [1.54, 1.807) is 35.8 Å². The molecule has 0 saturated heterocycles. The summed E-state index contributed by atoms with van der Waals surface area (Å²) in [4.78, 5) is 16.8. The van der Waals surface area contributed by atoms with Gasteiger partial charge in [-0.2, -0.15) is 13.2 Å². The summed E-state index contributed by atoms with van der Waals surface area (Å²) in [6.07, 6.45) is -4.47. The van der Waals surface area contributed by atoms with Crippen LogP contribution in [-0.4, -0.2) is 22.1 Å². The van der Waals surface area contributed by atoms with Crippen molar-refractivity contribution >= 4 is 17.0 Å². The minimum absolute atomic E-state index is 0.217. The van der Waals surface area contributed by atoms with Gasteiger partial charge in [0.2, 0.25) is 0 Å². The van der Waals surface area contributed by atoms with Crippen molar-refractivity contribution in [1.82, 2.24) is 9.55 Å². The lowest BCUT2D eigenvalue weighted by molar-refractivity contribution is -0.137. The lowest BCUT2D eigenvalue weighted by atomic mass is 10.1. The van der Waals surface area contributed by atoms with Gasteiger partial charge < -0.3 is 4.74 Å². The van der Waals surface area contributed by atoms with Crippen molar-refractivity contribution in [2.24, 2.45) is 0 Å². The number of benzene rings is 3. The summed E-state index contributed by atoms with van der Waals surface area (Å²) in [5.74, 6) is 0.0269. The molecule has 4 nitrogen and oxygen atoms in total. The quantitative estimate of drug-likeness (QED) is 0.367. The van der Waals surface area contributed by atoms with E-state index in [0.717, 1.165) is 23.3 Å². The van der Waals surface area contributed by atoms with E-state index in [1.807, 2.05) is 31.2 Å². The van der Waals surface area contributed by atoms with Crippen LogP contribution in [0.4, 0.5) is 13.2 Å². The molecule has 0 saturated carbocycles. The number of fused-ring (bicyclic) bond motifs is 1. The Balaban J connectivity index is 1.99. The molecule has 0 bridgehead atoms. The largest absolute Gasteiger partial charge is 0.462 e. The topological polar surface area (TPSA) is 44.1 Å². The van der Waals surface area contributed by atoms with Gasteiger partial charge in [-0.05, 0) is 55.8 Å². The molecule has 31 heavy (non-hydrogen) atoms. The molecule has 4 rings (SSSR count).